The predicted octanol–water partition coefficient (Wildman–Crippen LogP) is 3.99. The van der Waals surface area contributed by atoms with Crippen LogP contribution in [0.3, 0.4) is 0 Å². The lowest BCUT2D eigenvalue weighted by Gasteiger charge is -2.14. The normalized spacial score (nSPS) is 12.3. The molecule has 0 fully saturated rings. The van der Waals surface area contributed by atoms with Gasteiger partial charge in [-0.05, 0) is 67.0 Å². The van der Waals surface area contributed by atoms with Crippen molar-refractivity contribution in [2.24, 2.45) is 0 Å². The summed E-state index contributed by atoms with van der Waals surface area (Å²) in [5.41, 5.74) is 2.80. The van der Waals surface area contributed by atoms with Crippen molar-refractivity contribution in [1.29, 1.82) is 0 Å². The van der Waals surface area contributed by atoms with E-state index in [1.165, 1.54) is 30.4 Å². The van der Waals surface area contributed by atoms with E-state index in [1.54, 1.807) is 0 Å². The van der Waals surface area contributed by atoms with Gasteiger partial charge in [0.05, 0.1) is 0 Å². The number of pyridine rings is 2. The SMILES string of the molecule is CCC(CCCc1ccncc1)c1ccncc1. The van der Waals surface area contributed by atoms with Gasteiger partial charge in [-0.15, -0.1) is 0 Å². The molecule has 2 nitrogen and oxygen atoms in total. The molecule has 0 saturated heterocycles. The second kappa shape index (κ2) is 6.90. The predicted molar refractivity (Wildman–Crippen MR) is 74.4 cm³/mol. The Balaban J connectivity index is 1.85. The van der Waals surface area contributed by atoms with Crippen LogP contribution < -0.4 is 0 Å². The maximum absolute atomic E-state index is 4.08. The minimum Gasteiger partial charge on any atom is -0.265 e. The fourth-order valence-electron chi connectivity index (χ4n) is 2.34. The lowest BCUT2D eigenvalue weighted by molar-refractivity contribution is 0.575. The van der Waals surface area contributed by atoms with E-state index in [-0.39, 0.29) is 0 Å². The topological polar surface area (TPSA) is 25.8 Å². The molecular formula is C16H20N2. The van der Waals surface area contributed by atoms with Crippen molar-refractivity contribution in [3.63, 3.8) is 0 Å². The zero-order valence-corrected chi connectivity index (χ0v) is 10.9. The van der Waals surface area contributed by atoms with E-state index in [9.17, 15) is 0 Å². The zero-order chi connectivity index (χ0) is 12.6. The summed E-state index contributed by atoms with van der Waals surface area (Å²) in [6.45, 7) is 2.26. The highest BCUT2D eigenvalue weighted by Crippen LogP contribution is 2.24. The fraction of sp³-hybridized carbons (Fsp3) is 0.375. The van der Waals surface area contributed by atoms with Crippen LogP contribution in [0.4, 0.5) is 0 Å². The van der Waals surface area contributed by atoms with E-state index in [2.05, 4.69) is 41.2 Å². The molecule has 0 radical (unpaired) electrons. The standard InChI is InChI=1S/C16H20N2/c1-2-15(16-8-12-18-13-9-16)5-3-4-14-6-10-17-11-7-14/h6-13,15H,2-5H2,1H3. The van der Waals surface area contributed by atoms with Crippen LogP contribution in [-0.4, -0.2) is 9.97 Å². The Labute approximate surface area is 109 Å². The van der Waals surface area contributed by atoms with Crippen molar-refractivity contribution in [1.82, 2.24) is 9.97 Å². The minimum atomic E-state index is 0.662. The molecule has 0 N–H and O–H groups in total. The summed E-state index contributed by atoms with van der Waals surface area (Å²) >= 11 is 0. The van der Waals surface area contributed by atoms with E-state index in [4.69, 9.17) is 0 Å². The van der Waals surface area contributed by atoms with E-state index in [0.717, 1.165) is 6.42 Å². The van der Waals surface area contributed by atoms with Crippen molar-refractivity contribution in [3.8, 4) is 0 Å². The van der Waals surface area contributed by atoms with Crippen LogP contribution in [0, 0.1) is 0 Å². The smallest absolute Gasteiger partial charge is 0.0270 e. The molecule has 2 aromatic rings. The first-order valence-corrected chi connectivity index (χ1v) is 6.69. The minimum absolute atomic E-state index is 0.662. The first-order valence-electron chi connectivity index (χ1n) is 6.69. The molecule has 1 unspecified atom stereocenters. The van der Waals surface area contributed by atoms with E-state index in [0.29, 0.717) is 5.92 Å². The van der Waals surface area contributed by atoms with Gasteiger partial charge in [-0.3, -0.25) is 9.97 Å². The molecule has 0 bridgehead atoms. The van der Waals surface area contributed by atoms with Crippen LogP contribution in [-0.2, 0) is 6.42 Å². The average Bonchev–Trinajstić information content (AvgIpc) is 2.46. The molecule has 0 spiro atoms. The second-order valence-electron chi connectivity index (χ2n) is 4.63. The Morgan fingerprint density at radius 2 is 1.56 bits per heavy atom. The van der Waals surface area contributed by atoms with E-state index < -0.39 is 0 Å². The number of rotatable bonds is 6. The zero-order valence-electron chi connectivity index (χ0n) is 10.9. The Morgan fingerprint density at radius 1 is 0.944 bits per heavy atom. The second-order valence-corrected chi connectivity index (χ2v) is 4.63. The van der Waals surface area contributed by atoms with Gasteiger partial charge in [-0.25, -0.2) is 0 Å². The summed E-state index contributed by atoms with van der Waals surface area (Å²) in [6.07, 6.45) is 12.3. The largest absolute Gasteiger partial charge is 0.265 e. The van der Waals surface area contributed by atoms with E-state index in [1.807, 2.05) is 24.8 Å². The van der Waals surface area contributed by atoms with Crippen molar-refractivity contribution in [2.45, 2.75) is 38.5 Å². The van der Waals surface area contributed by atoms with Gasteiger partial charge < -0.3 is 0 Å². The molecule has 0 aliphatic carbocycles. The van der Waals surface area contributed by atoms with Gasteiger partial charge in [0.25, 0.3) is 0 Å². The molecule has 0 aliphatic rings. The van der Waals surface area contributed by atoms with Gasteiger partial charge in [-0.1, -0.05) is 6.92 Å². The molecule has 18 heavy (non-hydrogen) atoms. The third-order valence-electron chi connectivity index (χ3n) is 3.44. The molecule has 0 aromatic carbocycles. The van der Waals surface area contributed by atoms with Crippen molar-refractivity contribution < 1.29 is 0 Å². The lowest BCUT2D eigenvalue weighted by atomic mass is 9.91. The van der Waals surface area contributed by atoms with Gasteiger partial charge in [0, 0.05) is 24.8 Å². The first-order chi connectivity index (χ1) is 8.90. The van der Waals surface area contributed by atoms with Crippen molar-refractivity contribution >= 4 is 0 Å². The quantitative estimate of drug-likeness (QED) is 0.763. The Kier molecular flexibility index (Phi) is 4.88. The number of aromatic nitrogens is 2. The maximum atomic E-state index is 4.08. The number of hydrogen-bond donors (Lipinski definition) is 0. The summed E-state index contributed by atoms with van der Waals surface area (Å²) < 4.78 is 0. The molecule has 2 heterocycles. The molecule has 2 rings (SSSR count). The number of aryl methyl sites for hydroxylation is 1. The summed E-state index contributed by atoms with van der Waals surface area (Å²) in [5, 5.41) is 0. The molecule has 94 valence electrons. The number of hydrogen-bond acceptors (Lipinski definition) is 2. The molecule has 1 atom stereocenters. The third-order valence-corrected chi connectivity index (χ3v) is 3.44. The van der Waals surface area contributed by atoms with Gasteiger partial charge in [0.2, 0.25) is 0 Å². The molecular weight excluding hydrogens is 220 g/mol. The maximum Gasteiger partial charge on any atom is 0.0270 e. The molecule has 2 aromatic heterocycles. The highest BCUT2D eigenvalue weighted by molar-refractivity contribution is 5.16. The van der Waals surface area contributed by atoms with Gasteiger partial charge >= 0.3 is 0 Å². The molecule has 2 heteroatoms. The number of nitrogens with zero attached hydrogens (tertiary/aromatic N) is 2. The van der Waals surface area contributed by atoms with Gasteiger partial charge in [-0.2, -0.15) is 0 Å². The summed E-state index contributed by atoms with van der Waals surface area (Å²) in [7, 11) is 0. The van der Waals surface area contributed by atoms with Crippen LogP contribution in [0.1, 0.15) is 43.2 Å². The van der Waals surface area contributed by atoms with Crippen LogP contribution in [0.25, 0.3) is 0 Å². The molecule has 0 aliphatic heterocycles. The molecule has 0 saturated carbocycles. The highest BCUT2D eigenvalue weighted by atomic mass is 14.6. The fourth-order valence-corrected chi connectivity index (χ4v) is 2.34. The van der Waals surface area contributed by atoms with Crippen molar-refractivity contribution in [3.05, 3.63) is 60.2 Å². The van der Waals surface area contributed by atoms with Crippen LogP contribution in [0.2, 0.25) is 0 Å². The van der Waals surface area contributed by atoms with Gasteiger partial charge in [0.15, 0.2) is 0 Å². The van der Waals surface area contributed by atoms with Crippen LogP contribution in [0.5, 0.6) is 0 Å². The monoisotopic (exact) mass is 240 g/mol. The molecule has 0 amide bonds. The summed E-state index contributed by atoms with van der Waals surface area (Å²) in [6, 6.07) is 8.49. The summed E-state index contributed by atoms with van der Waals surface area (Å²) in [5.74, 6) is 0.662. The Morgan fingerprint density at radius 3 is 2.17 bits per heavy atom. The summed E-state index contributed by atoms with van der Waals surface area (Å²) in [4.78, 5) is 8.13. The third kappa shape index (κ3) is 3.66. The van der Waals surface area contributed by atoms with Gasteiger partial charge in [0.1, 0.15) is 0 Å². The Hall–Kier alpha value is -1.70. The van der Waals surface area contributed by atoms with Crippen LogP contribution in [0.15, 0.2) is 49.1 Å². The highest BCUT2D eigenvalue weighted by Gasteiger charge is 2.08. The van der Waals surface area contributed by atoms with E-state index >= 15 is 0 Å². The van der Waals surface area contributed by atoms with Crippen molar-refractivity contribution in [2.75, 3.05) is 0 Å². The average molecular weight is 240 g/mol. The lowest BCUT2D eigenvalue weighted by Crippen LogP contribution is -1.99. The Bertz CT molecular complexity index is 439. The van der Waals surface area contributed by atoms with Crippen LogP contribution >= 0.6 is 0 Å². The first kappa shape index (κ1) is 12.7.